The predicted molar refractivity (Wildman–Crippen MR) is 68.7 cm³/mol. The van der Waals surface area contributed by atoms with Gasteiger partial charge in [-0.2, -0.15) is 0 Å². The third kappa shape index (κ3) is 2.84. The predicted octanol–water partition coefficient (Wildman–Crippen LogP) is 1.28. The van der Waals surface area contributed by atoms with E-state index in [0.717, 1.165) is 11.8 Å². The van der Waals surface area contributed by atoms with Gasteiger partial charge in [0, 0.05) is 5.56 Å². The Morgan fingerprint density at radius 1 is 1.53 bits per heavy atom. The summed E-state index contributed by atoms with van der Waals surface area (Å²) in [4.78, 5) is 10.5. The zero-order valence-electron chi connectivity index (χ0n) is 10.00. The summed E-state index contributed by atoms with van der Waals surface area (Å²) in [5.74, 6) is 4.72. The molecule has 0 fully saturated rings. The number of aliphatic carboxylic acids is 1. The first-order chi connectivity index (χ1) is 8.99. The van der Waals surface area contributed by atoms with E-state index in [4.69, 9.17) is 10.9 Å². The van der Waals surface area contributed by atoms with E-state index in [2.05, 4.69) is 10.2 Å². The maximum Gasteiger partial charge on any atom is 0.313 e. The van der Waals surface area contributed by atoms with E-state index in [-0.39, 0.29) is 11.6 Å². The lowest BCUT2D eigenvalue weighted by molar-refractivity contribution is -0.133. The van der Waals surface area contributed by atoms with Crippen LogP contribution in [0.2, 0.25) is 0 Å². The van der Waals surface area contributed by atoms with Gasteiger partial charge in [-0.3, -0.25) is 4.79 Å². The lowest BCUT2D eigenvalue weighted by atomic mass is 10.1. The second-order valence-electron chi connectivity index (χ2n) is 3.82. The molecule has 0 unspecified atom stereocenters. The van der Waals surface area contributed by atoms with Crippen LogP contribution >= 0.6 is 11.8 Å². The number of hydrogen-bond acceptors (Lipinski definition) is 5. The number of rotatable bonds is 4. The molecule has 0 atom stereocenters. The Morgan fingerprint density at radius 2 is 2.26 bits per heavy atom. The highest BCUT2D eigenvalue weighted by Gasteiger charge is 2.14. The van der Waals surface area contributed by atoms with Crippen molar-refractivity contribution in [3.63, 3.8) is 0 Å². The number of benzene rings is 1. The van der Waals surface area contributed by atoms with Crippen LogP contribution in [0.25, 0.3) is 11.4 Å². The van der Waals surface area contributed by atoms with Gasteiger partial charge >= 0.3 is 5.97 Å². The van der Waals surface area contributed by atoms with Crippen molar-refractivity contribution in [3.05, 3.63) is 29.6 Å². The minimum atomic E-state index is -0.966. The van der Waals surface area contributed by atoms with Crippen molar-refractivity contribution >= 4 is 17.7 Å². The topological polar surface area (TPSA) is 94.0 Å². The molecule has 100 valence electrons. The molecule has 1 aromatic heterocycles. The highest BCUT2D eigenvalue weighted by Crippen LogP contribution is 2.23. The zero-order chi connectivity index (χ0) is 14.0. The molecule has 0 radical (unpaired) electrons. The minimum Gasteiger partial charge on any atom is -0.481 e. The van der Waals surface area contributed by atoms with Gasteiger partial charge in [-0.15, -0.1) is 10.2 Å². The largest absolute Gasteiger partial charge is 0.481 e. The fourth-order valence-corrected chi connectivity index (χ4v) is 2.06. The monoisotopic (exact) mass is 282 g/mol. The van der Waals surface area contributed by atoms with Crippen molar-refractivity contribution in [1.29, 1.82) is 0 Å². The molecule has 6 nitrogen and oxygen atoms in total. The molecular weight excluding hydrogens is 271 g/mol. The van der Waals surface area contributed by atoms with E-state index in [1.807, 2.05) is 0 Å². The number of aromatic nitrogens is 3. The third-order valence-electron chi connectivity index (χ3n) is 2.41. The number of carboxylic acids is 1. The number of nitrogens with zero attached hydrogens (tertiary/aromatic N) is 3. The molecular formula is C11H11FN4O2S. The second kappa shape index (κ2) is 5.27. The first-order valence-corrected chi connectivity index (χ1v) is 6.29. The normalized spacial score (nSPS) is 10.6. The van der Waals surface area contributed by atoms with Crippen LogP contribution in [-0.2, 0) is 4.79 Å². The molecule has 0 aliphatic carbocycles. The Morgan fingerprint density at radius 3 is 2.89 bits per heavy atom. The van der Waals surface area contributed by atoms with Gasteiger partial charge in [0.15, 0.2) is 5.82 Å². The molecule has 2 rings (SSSR count). The molecule has 0 saturated carbocycles. The highest BCUT2D eigenvalue weighted by molar-refractivity contribution is 7.99. The molecule has 0 spiro atoms. The standard InChI is InChI=1S/C11H11FN4O2S/c1-6-4-7(2-3-8(6)12)10-14-15-11(16(10)13)19-5-9(17)18/h2-4H,5,13H2,1H3,(H,17,18). The summed E-state index contributed by atoms with van der Waals surface area (Å²) < 4.78 is 14.4. The van der Waals surface area contributed by atoms with Crippen LogP contribution in [0.3, 0.4) is 0 Å². The van der Waals surface area contributed by atoms with Crippen LogP contribution in [0, 0.1) is 12.7 Å². The van der Waals surface area contributed by atoms with Crippen LogP contribution < -0.4 is 5.84 Å². The highest BCUT2D eigenvalue weighted by atomic mass is 32.2. The summed E-state index contributed by atoms with van der Waals surface area (Å²) >= 11 is 0.969. The quantitative estimate of drug-likeness (QED) is 0.648. The third-order valence-corrected chi connectivity index (χ3v) is 3.33. The maximum absolute atomic E-state index is 13.2. The minimum absolute atomic E-state index is 0.155. The van der Waals surface area contributed by atoms with Gasteiger partial charge in [0.1, 0.15) is 5.82 Å². The van der Waals surface area contributed by atoms with Crippen molar-refractivity contribution in [2.75, 3.05) is 11.6 Å². The van der Waals surface area contributed by atoms with Gasteiger partial charge in [0.2, 0.25) is 5.16 Å². The fraction of sp³-hybridized carbons (Fsp3) is 0.182. The number of aryl methyl sites for hydroxylation is 1. The second-order valence-corrected chi connectivity index (χ2v) is 4.77. The summed E-state index contributed by atoms with van der Waals surface area (Å²) in [6, 6.07) is 4.47. The van der Waals surface area contributed by atoms with Crippen LogP contribution in [0.1, 0.15) is 5.56 Å². The number of halogens is 1. The Bertz CT molecular complexity index is 629. The van der Waals surface area contributed by atoms with Gasteiger partial charge in [-0.25, -0.2) is 9.07 Å². The van der Waals surface area contributed by atoms with Gasteiger partial charge in [-0.05, 0) is 30.7 Å². The molecule has 1 aromatic carbocycles. The molecule has 1 heterocycles. The summed E-state index contributed by atoms with van der Waals surface area (Å²) in [6.07, 6.45) is 0. The molecule has 0 bridgehead atoms. The van der Waals surface area contributed by atoms with E-state index in [0.29, 0.717) is 22.1 Å². The van der Waals surface area contributed by atoms with Crippen molar-refractivity contribution in [1.82, 2.24) is 14.9 Å². The Balaban J connectivity index is 2.30. The molecule has 0 amide bonds. The fourth-order valence-electron chi connectivity index (χ4n) is 1.48. The van der Waals surface area contributed by atoms with Gasteiger partial charge in [-0.1, -0.05) is 11.8 Å². The Hall–Kier alpha value is -2.09. The van der Waals surface area contributed by atoms with E-state index < -0.39 is 5.97 Å². The first kappa shape index (κ1) is 13.3. The van der Waals surface area contributed by atoms with E-state index >= 15 is 0 Å². The number of carbonyl (C=O) groups is 1. The van der Waals surface area contributed by atoms with Gasteiger partial charge < -0.3 is 10.9 Å². The molecule has 8 heteroatoms. The number of hydrogen-bond donors (Lipinski definition) is 2. The molecule has 0 aliphatic heterocycles. The maximum atomic E-state index is 13.2. The zero-order valence-corrected chi connectivity index (χ0v) is 10.8. The SMILES string of the molecule is Cc1cc(-c2nnc(SCC(=O)O)n2N)ccc1F. The van der Waals surface area contributed by atoms with Crippen LogP contribution in [-0.4, -0.2) is 31.7 Å². The number of nitrogen functional groups attached to an aromatic ring is 1. The molecule has 0 aliphatic rings. The van der Waals surface area contributed by atoms with Crippen molar-refractivity contribution in [2.24, 2.45) is 0 Å². The van der Waals surface area contributed by atoms with Crippen LogP contribution in [0.15, 0.2) is 23.4 Å². The number of carboxylic acid groups (broad SMARTS) is 1. The van der Waals surface area contributed by atoms with Crippen molar-refractivity contribution in [2.45, 2.75) is 12.1 Å². The van der Waals surface area contributed by atoms with Crippen LogP contribution in [0.4, 0.5) is 4.39 Å². The average molecular weight is 282 g/mol. The number of thioether (sulfide) groups is 1. The van der Waals surface area contributed by atoms with Gasteiger partial charge in [0.25, 0.3) is 0 Å². The molecule has 19 heavy (non-hydrogen) atoms. The smallest absolute Gasteiger partial charge is 0.313 e. The summed E-state index contributed by atoms with van der Waals surface area (Å²) in [7, 11) is 0. The summed E-state index contributed by atoms with van der Waals surface area (Å²) in [6.45, 7) is 1.64. The molecule has 3 N–H and O–H groups in total. The van der Waals surface area contributed by atoms with Gasteiger partial charge in [0.05, 0.1) is 5.75 Å². The van der Waals surface area contributed by atoms with E-state index in [9.17, 15) is 9.18 Å². The summed E-state index contributed by atoms with van der Waals surface area (Å²) in [5.41, 5.74) is 1.09. The Kier molecular flexibility index (Phi) is 3.70. The molecule has 0 saturated heterocycles. The van der Waals surface area contributed by atoms with Crippen molar-refractivity contribution < 1.29 is 14.3 Å². The van der Waals surface area contributed by atoms with Crippen molar-refractivity contribution in [3.8, 4) is 11.4 Å². The lowest BCUT2D eigenvalue weighted by Gasteiger charge is -2.04. The van der Waals surface area contributed by atoms with Crippen LogP contribution in [0.5, 0.6) is 0 Å². The lowest BCUT2D eigenvalue weighted by Crippen LogP contribution is -2.12. The first-order valence-electron chi connectivity index (χ1n) is 5.30. The Labute approximate surface area is 112 Å². The summed E-state index contributed by atoms with van der Waals surface area (Å²) in [5, 5.41) is 16.6. The van der Waals surface area contributed by atoms with E-state index in [1.165, 1.54) is 10.7 Å². The molecule has 2 aromatic rings. The number of nitrogens with two attached hydrogens (primary N) is 1. The van der Waals surface area contributed by atoms with E-state index in [1.54, 1.807) is 19.1 Å². The average Bonchev–Trinajstić information content (AvgIpc) is 2.72.